The number of aromatic amines is 1. The van der Waals surface area contributed by atoms with Gasteiger partial charge >= 0.3 is 0 Å². The molecule has 0 spiro atoms. The van der Waals surface area contributed by atoms with Gasteiger partial charge in [0.05, 0.1) is 6.20 Å². The number of sulfonamides is 1. The summed E-state index contributed by atoms with van der Waals surface area (Å²) in [5, 5.41) is 6.24. The first-order valence-electron chi connectivity index (χ1n) is 6.94. The van der Waals surface area contributed by atoms with Crippen molar-refractivity contribution in [2.75, 3.05) is 12.3 Å². The summed E-state index contributed by atoms with van der Waals surface area (Å²) in [6.07, 6.45) is 4.21. The van der Waals surface area contributed by atoms with Crippen molar-refractivity contribution in [3.8, 4) is 0 Å². The number of anilines is 1. The summed E-state index contributed by atoms with van der Waals surface area (Å²) in [6.45, 7) is 7.21. The molecule has 2 atom stereocenters. The summed E-state index contributed by atoms with van der Waals surface area (Å²) < 4.78 is 27.2. The van der Waals surface area contributed by atoms with Crippen LogP contribution in [0.5, 0.6) is 0 Å². The monoisotopic (exact) mass is 298 g/mol. The molecule has 1 aromatic heterocycles. The number of rotatable bonds is 2. The Morgan fingerprint density at radius 2 is 2.10 bits per heavy atom. The van der Waals surface area contributed by atoms with Crippen LogP contribution in [0.2, 0.25) is 0 Å². The first-order chi connectivity index (χ1) is 9.13. The molecule has 1 saturated heterocycles. The zero-order valence-corrected chi connectivity index (χ0v) is 13.0. The van der Waals surface area contributed by atoms with Crippen molar-refractivity contribution < 1.29 is 8.42 Å². The molecule has 0 amide bonds. The SMILES string of the molecule is CC1(C)CC2CC(C)(CN2S(=O)(=O)c2cn[nH]c2N)C1. The number of H-pyrrole nitrogens is 1. The maximum absolute atomic E-state index is 12.8. The summed E-state index contributed by atoms with van der Waals surface area (Å²) in [4.78, 5) is 0.103. The van der Waals surface area contributed by atoms with Crippen molar-refractivity contribution in [2.45, 2.75) is 51.0 Å². The molecule has 2 aliphatic rings. The molecule has 2 unspecified atom stereocenters. The number of fused-ring (bicyclic) bond motifs is 2. The molecule has 1 aromatic rings. The maximum Gasteiger partial charge on any atom is 0.248 e. The van der Waals surface area contributed by atoms with Crippen LogP contribution in [0, 0.1) is 10.8 Å². The molecule has 2 fully saturated rings. The third-order valence-electron chi connectivity index (χ3n) is 4.59. The predicted octanol–water partition coefficient (Wildman–Crippen LogP) is 1.58. The van der Waals surface area contributed by atoms with Crippen molar-refractivity contribution in [3.63, 3.8) is 0 Å². The van der Waals surface area contributed by atoms with Gasteiger partial charge in [-0.2, -0.15) is 9.40 Å². The van der Waals surface area contributed by atoms with Crippen LogP contribution in [0.1, 0.15) is 40.0 Å². The van der Waals surface area contributed by atoms with E-state index >= 15 is 0 Å². The van der Waals surface area contributed by atoms with Gasteiger partial charge in [0.15, 0.2) is 0 Å². The molecule has 2 heterocycles. The Labute approximate surface area is 119 Å². The summed E-state index contributed by atoms with van der Waals surface area (Å²) in [6, 6.07) is 0.0723. The van der Waals surface area contributed by atoms with E-state index in [1.165, 1.54) is 6.20 Å². The molecule has 6 nitrogen and oxygen atoms in total. The highest BCUT2D eigenvalue weighted by atomic mass is 32.2. The Morgan fingerprint density at radius 3 is 2.70 bits per heavy atom. The van der Waals surface area contributed by atoms with Gasteiger partial charge in [-0.25, -0.2) is 8.42 Å². The van der Waals surface area contributed by atoms with E-state index in [4.69, 9.17) is 5.73 Å². The van der Waals surface area contributed by atoms with Crippen molar-refractivity contribution in [3.05, 3.63) is 6.20 Å². The van der Waals surface area contributed by atoms with Crippen LogP contribution in [0.4, 0.5) is 5.82 Å². The number of hydrogen-bond acceptors (Lipinski definition) is 4. The van der Waals surface area contributed by atoms with E-state index in [0.717, 1.165) is 19.3 Å². The van der Waals surface area contributed by atoms with Crippen LogP contribution in [0.15, 0.2) is 11.1 Å². The molecule has 0 radical (unpaired) electrons. The van der Waals surface area contributed by atoms with E-state index in [1.807, 2.05) is 0 Å². The fourth-order valence-electron chi connectivity index (χ4n) is 4.31. The number of aromatic nitrogens is 2. The second-order valence-corrected chi connectivity index (χ2v) is 9.27. The van der Waals surface area contributed by atoms with Crippen LogP contribution in [-0.2, 0) is 10.0 Å². The highest BCUT2D eigenvalue weighted by Crippen LogP contribution is 2.53. The molecule has 1 aliphatic carbocycles. The van der Waals surface area contributed by atoms with E-state index < -0.39 is 10.0 Å². The van der Waals surface area contributed by atoms with Crippen molar-refractivity contribution in [1.29, 1.82) is 0 Å². The lowest BCUT2D eigenvalue weighted by Crippen LogP contribution is -2.37. The van der Waals surface area contributed by atoms with Crippen LogP contribution in [0.25, 0.3) is 0 Å². The summed E-state index contributed by atoms with van der Waals surface area (Å²) in [5.74, 6) is 0.121. The van der Waals surface area contributed by atoms with Gasteiger partial charge in [-0.15, -0.1) is 0 Å². The second kappa shape index (κ2) is 3.98. The molecule has 3 rings (SSSR count). The number of nitrogens with two attached hydrogens (primary N) is 1. The van der Waals surface area contributed by atoms with Gasteiger partial charge in [0.2, 0.25) is 10.0 Å². The Balaban J connectivity index is 1.99. The smallest absolute Gasteiger partial charge is 0.248 e. The van der Waals surface area contributed by atoms with E-state index in [1.54, 1.807) is 4.31 Å². The minimum Gasteiger partial charge on any atom is -0.383 e. The maximum atomic E-state index is 12.8. The highest BCUT2D eigenvalue weighted by Gasteiger charge is 2.53. The van der Waals surface area contributed by atoms with Gasteiger partial charge in [-0.05, 0) is 30.1 Å². The quantitative estimate of drug-likeness (QED) is 0.867. The first kappa shape index (κ1) is 13.9. The predicted molar refractivity (Wildman–Crippen MR) is 76.4 cm³/mol. The lowest BCUT2D eigenvalue weighted by atomic mass is 9.65. The fourth-order valence-corrected chi connectivity index (χ4v) is 6.09. The highest BCUT2D eigenvalue weighted by molar-refractivity contribution is 7.89. The zero-order valence-electron chi connectivity index (χ0n) is 12.2. The average Bonchev–Trinajstić information content (AvgIpc) is 2.79. The molecule has 1 aliphatic heterocycles. The van der Waals surface area contributed by atoms with E-state index in [2.05, 4.69) is 31.0 Å². The lowest BCUT2D eigenvalue weighted by molar-refractivity contribution is 0.133. The van der Waals surface area contributed by atoms with Crippen LogP contribution in [0.3, 0.4) is 0 Å². The zero-order chi connectivity index (χ0) is 14.8. The molecule has 112 valence electrons. The minimum absolute atomic E-state index is 0.0674. The number of nitrogens with one attached hydrogen (secondary N) is 1. The molecular weight excluding hydrogens is 276 g/mol. The van der Waals surface area contributed by atoms with Crippen molar-refractivity contribution in [1.82, 2.24) is 14.5 Å². The van der Waals surface area contributed by atoms with E-state index in [-0.39, 0.29) is 27.6 Å². The molecule has 7 heteroatoms. The third-order valence-corrected chi connectivity index (χ3v) is 6.51. The van der Waals surface area contributed by atoms with Gasteiger partial charge in [0.25, 0.3) is 0 Å². The van der Waals surface area contributed by atoms with Gasteiger partial charge in [0.1, 0.15) is 10.7 Å². The van der Waals surface area contributed by atoms with Gasteiger partial charge in [0, 0.05) is 12.6 Å². The largest absolute Gasteiger partial charge is 0.383 e. The molecule has 2 bridgehead atoms. The van der Waals surface area contributed by atoms with E-state index in [0.29, 0.717) is 6.54 Å². The summed E-state index contributed by atoms with van der Waals surface area (Å²) >= 11 is 0. The molecule has 20 heavy (non-hydrogen) atoms. The Hall–Kier alpha value is -1.08. The van der Waals surface area contributed by atoms with Crippen LogP contribution >= 0.6 is 0 Å². The Bertz CT molecular complexity index is 637. The van der Waals surface area contributed by atoms with Gasteiger partial charge in [-0.3, -0.25) is 5.10 Å². The lowest BCUT2D eigenvalue weighted by Gasteiger charge is -2.39. The van der Waals surface area contributed by atoms with E-state index in [9.17, 15) is 8.42 Å². The Morgan fingerprint density at radius 1 is 1.40 bits per heavy atom. The first-order valence-corrected chi connectivity index (χ1v) is 8.38. The normalized spacial score (nSPS) is 33.5. The van der Waals surface area contributed by atoms with Crippen LogP contribution in [-0.4, -0.2) is 35.5 Å². The number of hydrogen-bond donors (Lipinski definition) is 2. The third kappa shape index (κ3) is 2.03. The number of nitrogen functional groups attached to an aromatic ring is 1. The van der Waals surface area contributed by atoms with Gasteiger partial charge < -0.3 is 5.73 Å². The topological polar surface area (TPSA) is 92.1 Å². The molecular formula is C13H22N4O2S. The molecule has 1 saturated carbocycles. The number of nitrogens with zero attached hydrogens (tertiary/aromatic N) is 2. The van der Waals surface area contributed by atoms with Crippen molar-refractivity contribution >= 4 is 15.8 Å². The van der Waals surface area contributed by atoms with Crippen LogP contribution < -0.4 is 5.73 Å². The minimum atomic E-state index is -3.55. The summed E-state index contributed by atoms with van der Waals surface area (Å²) in [7, 11) is -3.55. The molecule has 3 N–H and O–H groups in total. The molecule has 0 aromatic carbocycles. The van der Waals surface area contributed by atoms with Crippen molar-refractivity contribution in [2.24, 2.45) is 10.8 Å². The Kier molecular flexibility index (Phi) is 2.76. The second-order valence-electron chi connectivity index (χ2n) is 7.41. The fraction of sp³-hybridized carbons (Fsp3) is 0.769. The standard InChI is InChI=1S/C13H22N4O2S/c1-12(2)4-9-5-13(3,7-12)8-17(9)20(18,19)10-6-15-16-11(10)14/h6,9H,4-5,7-8H2,1-3H3,(H3,14,15,16). The average molecular weight is 298 g/mol. The van der Waals surface area contributed by atoms with Gasteiger partial charge in [-0.1, -0.05) is 20.8 Å². The summed E-state index contributed by atoms with van der Waals surface area (Å²) in [5.41, 5.74) is 5.95.